The molecule has 0 aliphatic carbocycles. The molecule has 1 fully saturated rings. The lowest BCUT2D eigenvalue weighted by molar-refractivity contribution is -0.132. The Morgan fingerprint density at radius 2 is 2.12 bits per heavy atom. The summed E-state index contributed by atoms with van der Waals surface area (Å²) in [7, 11) is 1.74. The summed E-state index contributed by atoms with van der Waals surface area (Å²) in [6.45, 7) is 5.45. The summed E-state index contributed by atoms with van der Waals surface area (Å²) in [6, 6.07) is 3.18. The maximum atomic E-state index is 12.6. The van der Waals surface area contributed by atoms with Crippen LogP contribution in [0.15, 0.2) is 12.1 Å². The first-order chi connectivity index (χ1) is 12.5. The molecule has 0 aromatic heterocycles. The quantitative estimate of drug-likeness (QED) is 0.700. The van der Waals surface area contributed by atoms with E-state index >= 15 is 0 Å². The maximum absolute atomic E-state index is 12.6. The molecule has 1 aromatic rings. The Bertz CT molecular complexity index is 651. The van der Waals surface area contributed by atoms with E-state index in [1.54, 1.807) is 24.1 Å². The van der Waals surface area contributed by atoms with Crippen molar-refractivity contribution < 1.29 is 19.1 Å². The van der Waals surface area contributed by atoms with Crippen LogP contribution in [-0.2, 0) is 4.79 Å². The van der Waals surface area contributed by atoms with Crippen LogP contribution in [-0.4, -0.2) is 49.6 Å². The summed E-state index contributed by atoms with van der Waals surface area (Å²) >= 11 is 6.34. The number of ether oxygens (including phenoxy) is 2. The van der Waals surface area contributed by atoms with Gasteiger partial charge in [-0.05, 0) is 31.9 Å². The summed E-state index contributed by atoms with van der Waals surface area (Å²) in [5.74, 6) is 0.810. The van der Waals surface area contributed by atoms with Gasteiger partial charge in [-0.25, -0.2) is 0 Å². The summed E-state index contributed by atoms with van der Waals surface area (Å²) in [6.07, 6.45) is 3.01. The van der Waals surface area contributed by atoms with Gasteiger partial charge in [0.25, 0.3) is 5.91 Å². The Balaban J connectivity index is 2.12. The van der Waals surface area contributed by atoms with Crippen LogP contribution in [0, 0.1) is 0 Å². The van der Waals surface area contributed by atoms with Gasteiger partial charge in [-0.2, -0.15) is 0 Å². The number of hydrogen-bond donors (Lipinski definition) is 1. The molecule has 1 aliphatic rings. The van der Waals surface area contributed by atoms with Gasteiger partial charge in [0.2, 0.25) is 5.91 Å². The fraction of sp³-hybridized carbons (Fsp3) is 0.579. The minimum atomic E-state index is -0.235. The molecule has 0 spiro atoms. The van der Waals surface area contributed by atoms with Gasteiger partial charge < -0.3 is 19.7 Å². The van der Waals surface area contributed by atoms with E-state index in [2.05, 4.69) is 12.2 Å². The number of piperidine rings is 1. The average Bonchev–Trinajstić information content (AvgIpc) is 2.60. The minimum absolute atomic E-state index is 0.0694. The molecule has 1 N–H and O–H groups in total. The van der Waals surface area contributed by atoms with E-state index in [4.69, 9.17) is 21.1 Å². The highest BCUT2D eigenvalue weighted by Gasteiger charge is 2.25. The molecular weight excluding hydrogens is 356 g/mol. The van der Waals surface area contributed by atoms with Crippen molar-refractivity contribution in [1.82, 2.24) is 10.2 Å². The number of nitrogens with one attached hydrogen (secondary N) is 1. The Hall–Kier alpha value is -1.95. The average molecular weight is 383 g/mol. The molecule has 1 atom stereocenters. The molecule has 1 aliphatic heterocycles. The van der Waals surface area contributed by atoms with Gasteiger partial charge >= 0.3 is 0 Å². The van der Waals surface area contributed by atoms with Crippen LogP contribution in [0.25, 0.3) is 0 Å². The number of nitrogens with zero attached hydrogens (tertiary/aromatic N) is 1. The first-order valence-electron chi connectivity index (χ1n) is 9.10. The second-order valence-corrected chi connectivity index (χ2v) is 6.81. The standard InChI is InChI=1S/C19H27ClN2O4/c1-4-6-9-26-18-15(20)10-13(11-16(18)25-5-2)19(24)21-14-7-8-17(23)22(3)12-14/h10-11,14H,4-9,12H2,1-3H3,(H,21,24). The van der Waals surface area contributed by atoms with Gasteiger partial charge in [0.15, 0.2) is 11.5 Å². The molecule has 1 saturated heterocycles. The summed E-state index contributed by atoms with van der Waals surface area (Å²) < 4.78 is 11.4. The molecule has 2 rings (SSSR count). The van der Waals surface area contributed by atoms with Gasteiger partial charge in [0, 0.05) is 31.6 Å². The van der Waals surface area contributed by atoms with E-state index in [0.29, 0.717) is 54.7 Å². The zero-order valence-electron chi connectivity index (χ0n) is 15.6. The fourth-order valence-corrected chi connectivity index (χ4v) is 3.08. The molecule has 26 heavy (non-hydrogen) atoms. The van der Waals surface area contributed by atoms with Crippen molar-refractivity contribution in [2.75, 3.05) is 26.8 Å². The molecule has 1 unspecified atom stereocenters. The number of likely N-dealkylation sites (N-methyl/N-ethyl adjacent to an activating group) is 1. The van der Waals surface area contributed by atoms with E-state index in [1.807, 2.05) is 6.92 Å². The van der Waals surface area contributed by atoms with Gasteiger partial charge in [-0.1, -0.05) is 24.9 Å². The Labute approximate surface area is 159 Å². The molecule has 0 bridgehead atoms. The lowest BCUT2D eigenvalue weighted by Crippen LogP contribution is -2.48. The predicted molar refractivity (Wildman–Crippen MR) is 101 cm³/mol. The number of hydrogen-bond acceptors (Lipinski definition) is 4. The van der Waals surface area contributed by atoms with Crippen LogP contribution in [0.3, 0.4) is 0 Å². The van der Waals surface area contributed by atoms with Crippen molar-refractivity contribution in [2.45, 2.75) is 45.6 Å². The highest BCUT2D eigenvalue weighted by atomic mass is 35.5. The van der Waals surface area contributed by atoms with Crippen LogP contribution < -0.4 is 14.8 Å². The highest BCUT2D eigenvalue weighted by molar-refractivity contribution is 6.32. The largest absolute Gasteiger partial charge is 0.490 e. The lowest BCUT2D eigenvalue weighted by Gasteiger charge is -2.30. The van der Waals surface area contributed by atoms with E-state index < -0.39 is 0 Å². The van der Waals surface area contributed by atoms with E-state index in [-0.39, 0.29) is 17.9 Å². The van der Waals surface area contributed by atoms with Crippen molar-refractivity contribution in [3.05, 3.63) is 22.7 Å². The number of unbranched alkanes of at least 4 members (excludes halogenated alkanes) is 1. The van der Waals surface area contributed by atoms with Crippen LogP contribution >= 0.6 is 11.6 Å². The van der Waals surface area contributed by atoms with Crippen molar-refractivity contribution >= 4 is 23.4 Å². The number of likely N-dealkylation sites (tertiary alicyclic amines) is 1. The molecule has 2 amide bonds. The first kappa shape index (κ1) is 20.4. The molecule has 6 nitrogen and oxygen atoms in total. The number of halogens is 1. The lowest BCUT2D eigenvalue weighted by atomic mass is 10.0. The SMILES string of the molecule is CCCCOc1c(Cl)cc(C(=O)NC2CCC(=O)N(C)C2)cc1OCC. The van der Waals surface area contributed by atoms with Crippen LogP contribution in [0.5, 0.6) is 11.5 Å². The molecule has 1 heterocycles. The Morgan fingerprint density at radius 3 is 2.77 bits per heavy atom. The summed E-state index contributed by atoms with van der Waals surface area (Å²) in [4.78, 5) is 25.8. The van der Waals surface area contributed by atoms with Crippen LogP contribution in [0.4, 0.5) is 0 Å². The number of benzene rings is 1. The fourth-order valence-electron chi connectivity index (χ4n) is 2.82. The molecule has 144 valence electrons. The smallest absolute Gasteiger partial charge is 0.251 e. The van der Waals surface area contributed by atoms with Crippen molar-refractivity contribution in [3.8, 4) is 11.5 Å². The highest BCUT2D eigenvalue weighted by Crippen LogP contribution is 2.37. The van der Waals surface area contributed by atoms with Gasteiger partial charge in [0.1, 0.15) is 0 Å². The monoisotopic (exact) mass is 382 g/mol. The zero-order chi connectivity index (χ0) is 19.1. The number of rotatable bonds is 8. The minimum Gasteiger partial charge on any atom is -0.490 e. The van der Waals surface area contributed by atoms with E-state index in [1.165, 1.54) is 0 Å². The normalized spacial score (nSPS) is 17.2. The summed E-state index contributed by atoms with van der Waals surface area (Å²) in [5.41, 5.74) is 0.417. The molecule has 0 radical (unpaired) electrons. The third-order valence-corrected chi connectivity index (χ3v) is 4.56. The third-order valence-electron chi connectivity index (χ3n) is 4.28. The van der Waals surface area contributed by atoms with E-state index in [9.17, 15) is 9.59 Å². The second kappa shape index (κ2) is 9.67. The van der Waals surface area contributed by atoms with Gasteiger partial charge in [-0.3, -0.25) is 9.59 Å². The van der Waals surface area contributed by atoms with Crippen LogP contribution in [0.2, 0.25) is 5.02 Å². The first-order valence-corrected chi connectivity index (χ1v) is 9.48. The maximum Gasteiger partial charge on any atom is 0.251 e. The topological polar surface area (TPSA) is 67.9 Å². The molecular formula is C19H27ClN2O4. The van der Waals surface area contributed by atoms with Gasteiger partial charge in [-0.15, -0.1) is 0 Å². The van der Waals surface area contributed by atoms with Crippen LogP contribution in [0.1, 0.15) is 49.9 Å². The second-order valence-electron chi connectivity index (χ2n) is 6.40. The van der Waals surface area contributed by atoms with Crippen molar-refractivity contribution in [3.63, 3.8) is 0 Å². The zero-order valence-corrected chi connectivity index (χ0v) is 16.4. The number of amides is 2. The van der Waals surface area contributed by atoms with Crippen molar-refractivity contribution in [1.29, 1.82) is 0 Å². The molecule has 1 aromatic carbocycles. The summed E-state index contributed by atoms with van der Waals surface area (Å²) in [5, 5.41) is 3.32. The Kier molecular flexibility index (Phi) is 7.57. The molecule has 0 saturated carbocycles. The predicted octanol–water partition coefficient (Wildman–Crippen LogP) is 3.27. The third kappa shape index (κ3) is 5.27. The number of carbonyl (C=O) groups is 2. The van der Waals surface area contributed by atoms with E-state index in [0.717, 1.165) is 12.8 Å². The van der Waals surface area contributed by atoms with Crippen molar-refractivity contribution in [2.24, 2.45) is 0 Å². The Morgan fingerprint density at radius 1 is 1.35 bits per heavy atom. The van der Waals surface area contributed by atoms with Gasteiger partial charge in [0.05, 0.1) is 18.2 Å². The molecule has 7 heteroatoms. The number of carbonyl (C=O) groups excluding carboxylic acids is 2.